The maximum Gasteiger partial charge on any atom is 0.337 e. The summed E-state index contributed by atoms with van der Waals surface area (Å²) in [5, 5.41) is 44.1. The first-order valence-corrected chi connectivity index (χ1v) is 51.2. The number of carbonyl (C=O) groups excluding carboxylic acids is 2. The molecule has 5 saturated heterocycles. The molecule has 3 saturated carbocycles. The zero-order chi connectivity index (χ0) is 88.1. The first-order chi connectivity index (χ1) is 62.2. The molecule has 10 aromatic rings. The Kier molecular flexibility index (Phi) is 25.4. The van der Waals surface area contributed by atoms with Crippen LogP contribution in [0.1, 0.15) is 187 Å². The number of methoxy groups -OCH3 is 2. The van der Waals surface area contributed by atoms with E-state index < -0.39 is 43.2 Å². The van der Waals surface area contributed by atoms with Gasteiger partial charge in [-0.3, -0.25) is 21.6 Å². The predicted molar refractivity (Wildman–Crippen MR) is 496 cm³/mol. The predicted octanol–water partition coefficient (Wildman–Crippen LogP) is 10.8. The van der Waals surface area contributed by atoms with Gasteiger partial charge in [0.2, 0.25) is 29.7 Å². The number of rotatable bonds is 21. The van der Waals surface area contributed by atoms with Gasteiger partial charge in [-0.1, -0.05) is 42.5 Å². The number of aryl methyl sites for hydroxylation is 5. The molecule has 7 N–H and O–H groups in total. The van der Waals surface area contributed by atoms with Gasteiger partial charge in [0, 0.05) is 139 Å². The molecule has 1 amide bonds. The zero-order valence-electron chi connectivity index (χ0n) is 72.8. The van der Waals surface area contributed by atoms with Gasteiger partial charge in [0.1, 0.15) is 54.1 Å². The van der Waals surface area contributed by atoms with Crippen molar-refractivity contribution in [1.29, 1.82) is 0 Å². The highest BCUT2D eigenvalue weighted by Crippen LogP contribution is 2.47. The maximum absolute atomic E-state index is 12.7. The first-order valence-electron chi connectivity index (χ1n) is 45.1. The lowest BCUT2D eigenvalue weighted by Gasteiger charge is -2.33. The summed E-state index contributed by atoms with van der Waals surface area (Å²) in [6.07, 6.45) is 17.4. The molecular weight excluding hydrogens is 1720 g/mol. The van der Waals surface area contributed by atoms with E-state index >= 15 is 0 Å². The number of nitrogens with one attached hydrogen (secondary N) is 4. The van der Waals surface area contributed by atoms with E-state index in [1.54, 1.807) is 12.0 Å². The lowest BCUT2D eigenvalue weighted by atomic mass is 9.89. The molecule has 0 spiro atoms. The molecule has 0 bridgehead atoms. The van der Waals surface area contributed by atoms with Crippen molar-refractivity contribution in [2.24, 2.45) is 0 Å². The molecule has 6 aromatic heterocycles. The molecule has 22 rings (SSSR count). The zero-order valence-corrected chi connectivity index (χ0v) is 76.9. The molecule has 676 valence electrons. The number of benzene rings is 4. The van der Waals surface area contributed by atoms with E-state index in [4.69, 9.17) is 63.7 Å². The van der Waals surface area contributed by atoms with Crippen LogP contribution in [0.15, 0.2) is 115 Å². The molecule has 128 heavy (non-hydrogen) atoms. The highest BCUT2D eigenvalue weighted by atomic mass is 32.2. The third kappa shape index (κ3) is 18.8. The van der Waals surface area contributed by atoms with Gasteiger partial charge >= 0.3 is 5.97 Å². The molecule has 8 fully saturated rings. The fourth-order valence-electron chi connectivity index (χ4n) is 18.8. The van der Waals surface area contributed by atoms with Gasteiger partial charge in [-0.2, -0.15) is 19.9 Å². The van der Waals surface area contributed by atoms with Gasteiger partial charge in [0.15, 0.2) is 11.5 Å². The minimum Gasteiger partial charge on any atom is -0.497 e. The number of aliphatic hydroxyl groups excluding tert-OH is 3. The number of hydrogen-bond acceptors (Lipinski definition) is 31. The van der Waals surface area contributed by atoms with Crippen LogP contribution in [0.4, 0.5) is 47.1 Å². The molecule has 4 unspecified atom stereocenters. The van der Waals surface area contributed by atoms with Crippen molar-refractivity contribution in [2.75, 3.05) is 164 Å². The van der Waals surface area contributed by atoms with Crippen molar-refractivity contribution in [3.05, 3.63) is 147 Å². The van der Waals surface area contributed by atoms with Crippen molar-refractivity contribution in [3.8, 4) is 5.75 Å². The van der Waals surface area contributed by atoms with Crippen molar-refractivity contribution >= 4 is 135 Å². The summed E-state index contributed by atoms with van der Waals surface area (Å²) in [6, 6.07) is 30.5. The van der Waals surface area contributed by atoms with Crippen molar-refractivity contribution in [2.45, 2.75) is 201 Å². The number of fused-ring (bicyclic) bond motifs is 6. The minimum absolute atomic E-state index is 0.0495. The standard InChI is InChI=1S/C24H28N6O3S.C23H27N5O2S2.C23H28N4O4S.C22H28N4O3S/c1-29-14-16(6-7-20(29)31)25-22-21-18(10-13-34(21)32)27-24(28-22)30-11-8-15(9-12-30)23-26-17-4-2-3-5-19(17)33-23;1-14-2-3-18-17(12-14)24-21(31-18)15-4-9-28(10-5-15)22-25-16-6-11-32(30)19(16)20(26-22)27-23(13-29)7-8-23;1-31-21(29)17-4-2-15(3-5-17)16-6-11-27(12-7-16)22-24-18-8-13-32(30)19(18)20(25-22)26-23(14-28)9-10-23;1-29-17-4-2-15(3-5-17)16-6-11-26(12-7-16)21-23-18-8-13-30(28)19(18)20(24-21)25-22(14-27)9-10-22/h2-5,15-16H,6-14H2,1H3,(H,25,27,28);2-3,12,15,29H,4-11,13H2,1H3,(H,25,26,27);2-5,16,28H,6-14H2,1H3,(H,24,25,26);2-5,16,27H,6-14H2,1H3,(H,23,24,25)/t16-,34?;;;/m0.../s1. The SMILES string of the molecule is CN1C[C@@H](Nc2nc(N3CCC(c4nc5ccccc5o4)CC3)nc3c2S(=O)CC3)CCC1=O.COC(=O)c1ccc(C2CCN(c3nc4c(c(NC5(CO)CC5)n3)S(=O)CC4)CC2)cc1.COc1ccc(C2CCN(c3nc4c(c(NC5(CO)CC5)n3)S(=O)CC4)CC2)cc1.Cc1ccc2sc(C3CCN(c4nc5c(c(NC6(CO)CC6)n4)S(=O)CC5)CC3)nc2c1. The average molecular weight is 1840 g/mol. The second kappa shape index (κ2) is 37.2. The number of nitrogens with zero attached hydrogens (tertiary/aromatic N) is 15. The summed E-state index contributed by atoms with van der Waals surface area (Å²) < 4.78 is 67.6. The fourth-order valence-corrected chi connectivity index (χ4v) is 25.2. The number of likely N-dealkylation sites (tertiary alicyclic amines) is 1. The van der Waals surface area contributed by atoms with E-state index in [9.17, 15) is 41.7 Å². The van der Waals surface area contributed by atoms with Crippen LogP contribution in [0.25, 0.3) is 21.3 Å². The number of thiazole rings is 1. The van der Waals surface area contributed by atoms with Gasteiger partial charge in [-0.05, 0) is 180 Å². The molecular formula is C92H111N19O12S5. The Morgan fingerprint density at radius 1 is 0.484 bits per heavy atom. The number of aliphatic hydroxyl groups is 3. The van der Waals surface area contributed by atoms with Crippen LogP contribution in [0.2, 0.25) is 0 Å². The summed E-state index contributed by atoms with van der Waals surface area (Å²) in [4.78, 5) is 85.2. The fraction of sp³-hybridized carbons (Fsp3) is 0.522. The molecule has 36 heteroatoms. The Hall–Kier alpha value is -9.82. The number of anilines is 8. The van der Waals surface area contributed by atoms with Crippen LogP contribution < -0.4 is 45.6 Å². The van der Waals surface area contributed by atoms with Crippen LogP contribution in [0.3, 0.4) is 0 Å². The van der Waals surface area contributed by atoms with Crippen molar-refractivity contribution in [1.82, 2.24) is 54.7 Å². The normalized spacial score (nSPS) is 22.6. The summed E-state index contributed by atoms with van der Waals surface area (Å²) in [7, 11) is 0.596. The molecule has 9 aliphatic heterocycles. The summed E-state index contributed by atoms with van der Waals surface area (Å²) in [6.45, 7) is 9.75. The summed E-state index contributed by atoms with van der Waals surface area (Å²) >= 11 is 1.82. The number of para-hydroxylation sites is 2. The maximum atomic E-state index is 12.7. The lowest BCUT2D eigenvalue weighted by Crippen LogP contribution is -2.43. The number of piperidine rings is 5. The molecule has 4 aromatic carbocycles. The Labute approximate surface area is 757 Å². The van der Waals surface area contributed by atoms with Crippen molar-refractivity contribution < 1.29 is 55.6 Å². The van der Waals surface area contributed by atoms with Gasteiger partial charge in [-0.15, -0.1) is 11.3 Å². The average Bonchev–Trinajstić information content (AvgIpc) is 1.19. The van der Waals surface area contributed by atoms with Gasteiger partial charge in [-0.25, -0.2) is 34.7 Å². The van der Waals surface area contributed by atoms with Crippen LogP contribution in [-0.4, -0.2) is 244 Å². The summed E-state index contributed by atoms with van der Waals surface area (Å²) in [5.41, 5.74) is 9.85. The Morgan fingerprint density at radius 3 is 1.31 bits per heavy atom. The monoisotopic (exact) mass is 1830 g/mol. The van der Waals surface area contributed by atoms with Gasteiger partial charge in [0.25, 0.3) is 0 Å². The molecule has 3 aliphatic carbocycles. The quantitative estimate of drug-likeness (QED) is 0.0329. The van der Waals surface area contributed by atoms with Gasteiger partial charge < -0.3 is 75.0 Å². The molecule has 0 radical (unpaired) electrons. The highest BCUT2D eigenvalue weighted by molar-refractivity contribution is 7.86. The first kappa shape index (κ1) is 87.5. The largest absolute Gasteiger partial charge is 0.497 e. The smallest absolute Gasteiger partial charge is 0.337 e. The van der Waals surface area contributed by atoms with Crippen LogP contribution >= 0.6 is 11.3 Å². The number of aromatic nitrogens is 10. The topological polar surface area (TPSA) is 388 Å². The number of oxazole rings is 1. The van der Waals surface area contributed by atoms with E-state index in [0.717, 1.165) is 239 Å². The number of amides is 1. The molecule has 5 atom stereocenters. The highest BCUT2D eigenvalue weighted by Gasteiger charge is 2.47. The summed E-state index contributed by atoms with van der Waals surface area (Å²) in [5.74, 6) is 11.0. The van der Waals surface area contributed by atoms with Crippen LogP contribution in [0.5, 0.6) is 5.75 Å². The second-order valence-electron chi connectivity index (χ2n) is 36.1. The van der Waals surface area contributed by atoms with E-state index in [0.29, 0.717) is 112 Å². The Morgan fingerprint density at radius 2 is 0.898 bits per heavy atom. The molecule has 12 aliphatic rings. The Bertz CT molecular complexity index is 5870. The number of carbonyl (C=O) groups is 2. The van der Waals surface area contributed by atoms with Crippen LogP contribution in [-0.2, 0) is 78.4 Å². The van der Waals surface area contributed by atoms with E-state index in [1.807, 2.05) is 79.0 Å². The third-order valence-corrected chi connectivity index (χ3v) is 34.4. The van der Waals surface area contributed by atoms with E-state index in [2.05, 4.69) is 78.1 Å². The second-order valence-corrected chi connectivity index (χ2v) is 43.2. The molecule has 31 nitrogen and oxygen atoms in total. The third-order valence-electron chi connectivity index (χ3n) is 27.4. The minimum atomic E-state index is -1.09. The molecule has 15 heterocycles. The van der Waals surface area contributed by atoms with E-state index in [1.165, 1.54) is 33.5 Å². The van der Waals surface area contributed by atoms with E-state index in [-0.39, 0.29) is 60.3 Å². The number of likely N-dealkylation sites (N-methyl/N-ethyl adjacent to an activating group) is 1. The number of hydrogen-bond donors (Lipinski definition) is 7. The van der Waals surface area contributed by atoms with Crippen molar-refractivity contribution in [3.63, 3.8) is 0 Å². The number of esters is 1. The van der Waals surface area contributed by atoms with Crippen LogP contribution in [0, 0.1) is 6.92 Å². The lowest BCUT2D eigenvalue weighted by molar-refractivity contribution is -0.132. The number of ether oxygens (including phenoxy) is 2. The van der Waals surface area contributed by atoms with Gasteiger partial charge in [0.05, 0.1) is 137 Å². The Balaban J connectivity index is 0.000000111.